The number of rotatable bonds is 6. The molecule has 1 aromatic rings. The quantitative estimate of drug-likeness (QED) is 0.472. The Balaban J connectivity index is 2.02. The molecule has 5 heteroatoms. The molecule has 25 heavy (non-hydrogen) atoms. The third kappa shape index (κ3) is 4.39. The van der Waals surface area contributed by atoms with E-state index in [-0.39, 0.29) is 34.8 Å². The monoisotopic (exact) mass is 361 g/mol. The molecule has 3 atom stereocenters. The molecule has 1 aromatic carbocycles. The molecule has 1 heterocycles. The number of hydrogen-bond donors (Lipinski definition) is 1. The molecule has 0 spiro atoms. The van der Waals surface area contributed by atoms with Crippen LogP contribution in [0.2, 0.25) is 18.1 Å². The van der Waals surface area contributed by atoms with Gasteiger partial charge in [-0.2, -0.15) is 0 Å². The SMILES string of the molecule is Cc1ccc(C(=O)C[C@H]2NC(=O)[C@@H]2[C@H](C)O[Si](C)(C)C(C)(C)C)cc1. The van der Waals surface area contributed by atoms with Gasteiger partial charge in [0.15, 0.2) is 14.1 Å². The molecule has 0 saturated carbocycles. The Hall–Kier alpha value is -1.46. The molecule has 138 valence electrons. The Morgan fingerprint density at radius 1 is 1.24 bits per heavy atom. The van der Waals surface area contributed by atoms with Crippen molar-refractivity contribution in [3.05, 3.63) is 35.4 Å². The van der Waals surface area contributed by atoms with E-state index in [1.165, 1.54) is 0 Å². The van der Waals surface area contributed by atoms with Gasteiger partial charge >= 0.3 is 0 Å². The summed E-state index contributed by atoms with van der Waals surface area (Å²) in [6.07, 6.45) is 0.149. The van der Waals surface area contributed by atoms with Crippen LogP contribution in [-0.2, 0) is 9.22 Å². The molecule has 1 saturated heterocycles. The molecule has 4 nitrogen and oxygen atoms in total. The van der Waals surface area contributed by atoms with Crippen LogP contribution in [0.4, 0.5) is 0 Å². The van der Waals surface area contributed by atoms with Gasteiger partial charge < -0.3 is 9.74 Å². The molecule has 0 unspecified atom stereocenters. The molecule has 1 N–H and O–H groups in total. The minimum atomic E-state index is -1.95. The molecule has 0 bridgehead atoms. The van der Waals surface area contributed by atoms with E-state index in [4.69, 9.17) is 4.43 Å². The highest BCUT2D eigenvalue weighted by atomic mass is 28.4. The summed E-state index contributed by atoms with van der Waals surface area (Å²) in [6, 6.07) is 7.44. The molecule has 1 aliphatic rings. The summed E-state index contributed by atoms with van der Waals surface area (Å²) in [4.78, 5) is 24.6. The molecule has 1 amide bonds. The normalized spacial score (nSPS) is 22.1. The Morgan fingerprint density at radius 2 is 1.80 bits per heavy atom. The van der Waals surface area contributed by atoms with Gasteiger partial charge in [0.1, 0.15) is 0 Å². The van der Waals surface area contributed by atoms with Crippen molar-refractivity contribution in [3.63, 3.8) is 0 Å². The van der Waals surface area contributed by atoms with E-state index >= 15 is 0 Å². The minimum absolute atomic E-state index is 0.00656. The lowest BCUT2D eigenvalue weighted by molar-refractivity contribution is -0.139. The Labute approximate surface area is 152 Å². The number of aryl methyl sites for hydroxylation is 1. The van der Waals surface area contributed by atoms with Crippen molar-refractivity contribution >= 4 is 20.0 Å². The summed E-state index contributed by atoms with van der Waals surface area (Å²) in [5.74, 6) is -0.189. The molecular weight excluding hydrogens is 330 g/mol. The third-order valence-electron chi connectivity index (χ3n) is 5.64. The first-order valence-electron chi connectivity index (χ1n) is 9.00. The Kier molecular flexibility index (Phi) is 5.59. The second kappa shape index (κ2) is 7.04. The number of β-lactam (4-membered cyclic amide) rings is 1. The molecule has 0 radical (unpaired) electrons. The van der Waals surface area contributed by atoms with Gasteiger partial charge in [0.05, 0.1) is 18.1 Å². The van der Waals surface area contributed by atoms with Crippen LogP contribution in [0.15, 0.2) is 24.3 Å². The number of amides is 1. The summed E-state index contributed by atoms with van der Waals surface area (Å²) in [6.45, 7) is 14.9. The van der Waals surface area contributed by atoms with Gasteiger partial charge in [-0.15, -0.1) is 0 Å². The summed E-state index contributed by atoms with van der Waals surface area (Å²) < 4.78 is 6.38. The fraction of sp³-hybridized carbons (Fsp3) is 0.600. The lowest BCUT2D eigenvalue weighted by Crippen LogP contribution is -2.64. The third-order valence-corrected chi connectivity index (χ3v) is 10.2. The average Bonchev–Trinajstić information content (AvgIpc) is 2.45. The zero-order chi connectivity index (χ0) is 19.0. The number of hydrogen-bond acceptors (Lipinski definition) is 3. The van der Waals surface area contributed by atoms with Gasteiger partial charge in [0, 0.05) is 12.0 Å². The van der Waals surface area contributed by atoms with Gasteiger partial charge in [-0.1, -0.05) is 50.6 Å². The zero-order valence-corrected chi connectivity index (χ0v) is 17.5. The van der Waals surface area contributed by atoms with E-state index in [2.05, 4.69) is 39.2 Å². The number of carbonyl (C=O) groups excluding carboxylic acids is 2. The number of Topliss-reactive ketones (excluding diaryl/α,β-unsaturated/α-hetero) is 1. The molecule has 2 rings (SSSR count). The second-order valence-corrected chi connectivity index (χ2v) is 13.5. The number of ketones is 1. The van der Waals surface area contributed by atoms with Crippen molar-refractivity contribution in [1.82, 2.24) is 5.32 Å². The van der Waals surface area contributed by atoms with Crippen molar-refractivity contribution in [3.8, 4) is 0 Å². The van der Waals surface area contributed by atoms with Crippen LogP contribution in [0, 0.1) is 12.8 Å². The summed E-state index contributed by atoms with van der Waals surface area (Å²) in [5, 5.41) is 2.98. The minimum Gasteiger partial charge on any atom is -0.413 e. The van der Waals surface area contributed by atoms with Crippen molar-refractivity contribution in [1.29, 1.82) is 0 Å². The summed E-state index contributed by atoms with van der Waals surface area (Å²) in [7, 11) is -1.95. The second-order valence-electron chi connectivity index (χ2n) is 8.72. The smallest absolute Gasteiger partial charge is 0.228 e. The number of nitrogens with one attached hydrogen (secondary N) is 1. The maximum Gasteiger partial charge on any atom is 0.228 e. The number of carbonyl (C=O) groups is 2. The van der Waals surface area contributed by atoms with Gasteiger partial charge in [-0.3, -0.25) is 9.59 Å². The highest BCUT2D eigenvalue weighted by Gasteiger charge is 2.47. The molecule has 0 aliphatic carbocycles. The Bertz CT molecular complexity index is 646. The van der Waals surface area contributed by atoms with E-state index in [0.717, 1.165) is 5.56 Å². The fourth-order valence-corrected chi connectivity index (χ4v) is 4.38. The van der Waals surface area contributed by atoms with E-state index in [0.29, 0.717) is 12.0 Å². The van der Waals surface area contributed by atoms with Crippen LogP contribution < -0.4 is 5.32 Å². The van der Waals surface area contributed by atoms with Gasteiger partial charge in [0.2, 0.25) is 5.91 Å². The predicted molar refractivity (Wildman–Crippen MR) is 103 cm³/mol. The highest BCUT2D eigenvalue weighted by molar-refractivity contribution is 6.74. The van der Waals surface area contributed by atoms with Crippen molar-refractivity contribution < 1.29 is 14.0 Å². The zero-order valence-electron chi connectivity index (χ0n) is 16.5. The van der Waals surface area contributed by atoms with Crippen molar-refractivity contribution in [2.45, 2.75) is 71.3 Å². The first kappa shape index (κ1) is 19.9. The molecule has 0 aromatic heterocycles. The predicted octanol–water partition coefficient (Wildman–Crippen LogP) is 4.09. The molecule has 1 aliphatic heterocycles. The summed E-state index contributed by atoms with van der Waals surface area (Å²) in [5.41, 5.74) is 1.83. The highest BCUT2D eigenvalue weighted by Crippen LogP contribution is 2.39. The van der Waals surface area contributed by atoms with Crippen LogP contribution in [0.1, 0.15) is 50.0 Å². The van der Waals surface area contributed by atoms with Crippen LogP contribution in [0.5, 0.6) is 0 Å². The van der Waals surface area contributed by atoms with E-state index in [1.807, 2.05) is 38.1 Å². The summed E-state index contributed by atoms with van der Waals surface area (Å²) >= 11 is 0. The van der Waals surface area contributed by atoms with E-state index in [9.17, 15) is 9.59 Å². The first-order valence-corrected chi connectivity index (χ1v) is 11.9. The van der Waals surface area contributed by atoms with Crippen molar-refractivity contribution in [2.24, 2.45) is 5.92 Å². The Morgan fingerprint density at radius 3 is 2.28 bits per heavy atom. The van der Waals surface area contributed by atoms with Gasteiger partial charge in [-0.05, 0) is 32.0 Å². The number of benzene rings is 1. The molecular formula is C20H31NO3Si. The van der Waals surface area contributed by atoms with E-state index in [1.54, 1.807) is 0 Å². The molecule has 1 fully saturated rings. The maximum atomic E-state index is 12.5. The van der Waals surface area contributed by atoms with Crippen LogP contribution in [-0.4, -0.2) is 32.2 Å². The van der Waals surface area contributed by atoms with Crippen LogP contribution >= 0.6 is 0 Å². The standard InChI is InChI=1S/C20H31NO3Si/c1-13-8-10-15(11-9-13)17(22)12-16-18(19(23)21-16)14(2)24-25(6,7)20(3,4)5/h8-11,14,16,18H,12H2,1-7H3,(H,21,23)/t14-,16+,18+/m0/s1. The van der Waals surface area contributed by atoms with Gasteiger partial charge in [0.25, 0.3) is 0 Å². The van der Waals surface area contributed by atoms with E-state index < -0.39 is 8.32 Å². The lowest BCUT2D eigenvalue weighted by atomic mass is 9.82. The topological polar surface area (TPSA) is 55.4 Å². The van der Waals surface area contributed by atoms with Crippen LogP contribution in [0.3, 0.4) is 0 Å². The lowest BCUT2D eigenvalue weighted by Gasteiger charge is -2.45. The maximum absolute atomic E-state index is 12.5. The van der Waals surface area contributed by atoms with Gasteiger partial charge in [-0.25, -0.2) is 0 Å². The van der Waals surface area contributed by atoms with Crippen LogP contribution in [0.25, 0.3) is 0 Å². The van der Waals surface area contributed by atoms with Crippen molar-refractivity contribution in [2.75, 3.05) is 0 Å². The first-order chi connectivity index (χ1) is 11.4. The fourth-order valence-electron chi connectivity index (χ4n) is 2.95. The average molecular weight is 362 g/mol. The largest absolute Gasteiger partial charge is 0.413 e.